The summed E-state index contributed by atoms with van der Waals surface area (Å²) in [7, 11) is -3.61. The quantitative estimate of drug-likeness (QED) is 0.871. The van der Waals surface area contributed by atoms with Gasteiger partial charge in [0, 0.05) is 23.4 Å². The fourth-order valence-electron chi connectivity index (χ4n) is 1.78. The van der Waals surface area contributed by atoms with E-state index in [1.165, 1.54) is 6.20 Å². The van der Waals surface area contributed by atoms with Gasteiger partial charge in [0.2, 0.25) is 15.0 Å². The van der Waals surface area contributed by atoms with Gasteiger partial charge >= 0.3 is 0 Å². The highest BCUT2D eigenvalue weighted by Crippen LogP contribution is 2.28. The second kappa shape index (κ2) is 5.38. The molecule has 0 amide bonds. The van der Waals surface area contributed by atoms with E-state index in [9.17, 15) is 17.2 Å². The molecule has 0 aliphatic carbocycles. The maximum atomic E-state index is 12.9. The second-order valence-electron chi connectivity index (χ2n) is 5.93. The van der Waals surface area contributed by atoms with Gasteiger partial charge in [0.1, 0.15) is 11.2 Å². The van der Waals surface area contributed by atoms with Gasteiger partial charge in [-0.2, -0.15) is 0 Å². The van der Waals surface area contributed by atoms with E-state index in [1.807, 2.05) is 20.8 Å². The smallest absolute Gasteiger partial charge is 0.280 e. The first-order valence-corrected chi connectivity index (χ1v) is 8.30. The Labute approximate surface area is 126 Å². The van der Waals surface area contributed by atoms with Crippen molar-refractivity contribution >= 4 is 26.6 Å². The number of aromatic nitrogens is 3. The van der Waals surface area contributed by atoms with Gasteiger partial charge in [-0.05, 0) is 26.8 Å². The van der Waals surface area contributed by atoms with Crippen LogP contribution in [-0.4, -0.2) is 35.2 Å². The van der Waals surface area contributed by atoms with Crippen LogP contribution in [0.3, 0.4) is 0 Å². The number of pyridine rings is 1. The third-order valence-corrected chi connectivity index (χ3v) is 3.47. The van der Waals surface area contributed by atoms with E-state index in [0.29, 0.717) is 5.39 Å². The molecule has 6 nitrogen and oxygen atoms in total. The van der Waals surface area contributed by atoms with Crippen molar-refractivity contribution in [2.75, 3.05) is 11.6 Å². The minimum atomic E-state index is -3.61. The first kappa shape index (κ1) is 16.5. The van der Waals surface area contributed by atoms with Crippen molar-refractivity contribution in [3.8, 4) is 0 Å². The molecule has 0 saturated heterocycles. The molecule has 0 unspecified atom stereocenters. The van der Waals surface area contributed by atoms with E-state index >= 15 is 0 Å². The summed E-state index contributed by atoms with van der Waals surface area (Å²) in [5.41, 5.74) is -0.693. The van der Waals surface area contributed by atoms with Crippen molar-refractivity contribution in [2.24, 2.45) is 0 Å². The Morgan fingerprint density at radius 3 is 2.36 bits per heavy atom. The van der Waals surface area contributed by atoms with E-state index < -0.39 is 27.5 Å². The molecule has 9 heteroatoms. The van der Waals surface area contributed by atoms with Crippen LogP contribution >= 0.6 is 0 Å². The average Bonchev–Trinajstić information content (AvgIpc) is 2.34. The van der Waals surface area contributed by atoms with Crippen LogP contribution < -0.4 is 5.32 Å². The molecule has 0 bridgehead atoms. The molecule has 2 heterocycles. The topological polar surface area (TPSA) is 84.8 Å². The summed E-state index contributed by atoms with van der Waals surface area (Å²) < 4.78 is 49.0. The molecule has 120 valence electrons. The van der Waals surface area contributed by atoms with Crippen molar-refractivity contribution < 1.29 is 17.2 Å². The third-order valence-electron chi connectivity index (χ3n) is 2.61. The minimum Gasteiger partial charge on any atom is -0.364 e. The van der Waals surface area contributed by atoms with Crippen LogP contribution in [0.15, 0.2) is 17.4 Å². The third kappa shape index (κ3) is 3.65. The average molecular weight is 330 g/mol. The standard InChI is InChI=1S/C13H16F2N4O2S/c1-13(2,3)19-11-9-7(5-8(17-11)10(14)15)6-16-12(18-9)22(4,20)21/h5-6,10H,1-4H3,(H,17,19). The molecule has 2 rings (SSSR count). The monoisotopic (exact) mass is 330 g/mol. The van der Waals surface area contributed by atoms with Gasteiger partial charge in [-0.15, -0.1) is 0 Å². The highest BCUT2D eigenvalue weighted by Gasteiger charge is 2.20. The highest BCUT2D eigenvalue weighted by molar-refractivity contribution is 7.90. The van der Waals surface area contributed by atoms with Crippen LogP contribution in [0.1, 0.15) is 32.9 Å². The van der Waals surface area contributed by atoms with E-state index in [-0.39, 0.29) is 16.5 Å². The van der Waals surface area contributed by atoms with E-state index in [0.717, 1.165) is 12.3 Å². The van der Waals surface area contributed by atoms with Crippen molar-refractivity contribution in [1.29, 1.82) is 0 Å². The van der Waals surface area contributed by atoms with Crippen molar-refractivity contribution in [3.63, 3.8) is 0 Å². The number of nitrogens with zero attached hydrogens (tertiary/aromatic N) is 3. The van der Waals surface area contributed by atoms with Gasteiger partial charge in [0.05, 0.1) is 0 Å². The van der Waals surface area contributed by atoms with Gasteiger partial charge in [-0.25, -0.2) is 32.2 Å². The van der Waals surface area contributed by atoms with Crippen LogP contribution in [0, 0.1) is 0 Å². The Hall–Kier alpha value is -1.90. The van der Waals surface area contributed by atoms with Gasteiger partial charge in [0.25, 0.3) is 6.43 Å². The molecule has 0 spiro atoms. The highest BCUT2D eigenvalue weighted by atomic mass is 32.2. The number of anilines is 1. The summed E-state index contributed by atoms with van der Waals surface area (Å²) in [6.45, 7) is 5.48. The number of nitrogens with one attached hydrogen (secondary N) is 1. The second-order valence-corrected chi connectivity index (χ2v) is 7.84. The Morgan fingerprint density at radius 2 is 1.86 bits per heavy atom. The normalized spacial score (nSPS) is 12.9. The van der Waals surface area contributed by atoms with Crippen LogP contribution in [0.4, 0.5) is 14.6 Å². The minimum absolute atomic E-state index is 0.104. The van der Waals surface area contributed by atoms with Gasteiger partial charge < -0.3 is 5.32 Å². The zero-order chi connectivity index (χ0) is 16.7. The van der Waals surface area contributed by atoms with Crippen LogP contribution in [0.25, 0.3) is 10.9 Å². The molecule has 2 aromatic heterocycles. The summed E-state index contributed by atoms with van der Waals surface area (Å²) in [6.07, 6.45) is -0.564. The van der Waals surface area contributed by atoms with Crippen molar-refractivity contribution in [2.45, 2.75) is 37.9 Å². The lowest BCUT2D eigenvalue weighted by Crippen LogP contribution is -2.27. The van der Waals surface area contributed by atoms with Gasteiger partial charge in [-0.1, -0.05) is 0 Å². The number of halogens is 2. The van der Waals surface area contributed by atoms with E-state index in [2.05, 4.69) is 20.3 Å². The predicted octanol–water partition coefficient (Wildman–Crippen LogP) is 2.58. The first-order valence-electron chi connectivity index (χ1n) is 6.41. The fraction of sp³-hybridized carbons (Fsp3) is 0.462. The maximum Gasteiger partial charge on any atom is 0.280 e. The van der Waals surface area contributed by atoms with Crippen molar-refractivity contribution in [1.82, 2.24) is 15.0 Å². The molecule has 0 aliphatic rings. The fourth-order valence-corrected chi connectivity index (χ4v) is 2.28. The molecule has 0 fully saturated rings. The summed E-state index contributed by atoms with van der Waals surface area (Å²) >= 11 is 0. The predicted molar refractivity (Wildman–Crippen MR) is 78.8 cm³/mol. The van der Waals surface area contributed by atoms with Crippen LogP contribution in [0.5, 0.6) is 0 Å². The Balaban J connectivity index is 2.75. The molecule has 0 atom stereocenters. The molecule has 0 saturated carbocycles. The van der Waals surface area contributed by atoms with Crippen LogP contribution in [0.2, 0.25) is 0 Å². The number of alkyl halides is 2. The molecule has 22 heavy (non-hydrogen) atoms. The SMILES string of the molecule is CC(C)(C)Nc1nc(C(F)F)cc2cnc(S(C)(=O)=O)nc12. The zero-order valence-corrected chi connectivity index (χ0v) is 13.4. The summed E-state index contributed by atoms with van der Waals surface area (Å²) in [4.78, 5) is 11.5. The summed E-state index contributed by atoms with van der Waals surface area (Å²) in [5.74, 6) is 0.104. The molecule has 0 aliphatic heterocycles. The number of rotatable bonds is 3. The number of hydrogen-bond acceptors (Lipinski definition) is 6. The molecule has 1 N–H and O–H groups in total. The number of fused-ring (bicyclic) bond motifs is 1. The van der Waals surface area contributed by atoms with E-state index in [1.54, 1.807) is 0 Å². The lowest BCUT2D eigenvalue weighted by atomic mass is 10.1. The van der Waals surface area contributed by atoms with Gasteiger partial charge in [-0.3, -0.25) is 0 Å². The van der Waals surface area contributed by atoms with Crippen molar-refractivity contribution in [3.05, 3.63) is 18.0 Å². The number of sulfone groups is 1. The lowest BCUT2D eigenvalue weighted by molar-refractivity contribution is 0.146. The van der Waals surface area contributed by atoms with Gasteiger partial charge in [0.15, 0.2) is 5.82 Å². The Bertz CT molecular complexity index is 817. The summed E-state index contributed by atoms with van der Waals surface area (Å²) in [6, 6.07) is 1.15. The summed E-state index contributed by atoms with van der Waals surface area (Å²) in [5, 5.41) is 2.89. The molecule has 0 radical (unpaired) electrons. The van der Waals surface area contributed by atoms with E-state index in [4.69, 9.17) is 0 Å². The maximum absolute atomic E-state index is 12.9. The Morgan fingerprint density at radius 1 is 1.23 bits per heavy atom. The first-order chi connectivity index (χ1) is 9.97. The Kier molecular flexibility index (Phi) is 4.03. The largest absolute Gasteiger partial charge is 0.364 e. The lowest BCUT2D eigenvalue weighted by Gasteiger charge is -2.22. The molecular formula is C13H16F2N4O2S. The zero-order valence-electron chi connectivity index (χ0n) is 12.6. The molecular weight excluding hydrogens is 314 g/mol. The molecule has 0 aromatic carbocycles. The van der Waals surface area contributed by atoms with Crippen LogP contribution in [-0.2, 0) is 9.84 Å². The number of hydrogen-bond donors (Lipinski definition) is 1. The molecule has 2 aromatic rings.